The predicted molar refractivity (Wildman–Crippen MR) is 57.9 cm³/mol. The van der Waals surface area contributed by atoms with E-state index in [1.807, 2.05) is 18.2 Å². The fourth-order valence-corrected chi connectivity index (χ4v) is 1.47. The van der Waals surface area contributed by atoms with Crippen LogP contribution in [0.5, 0.6) is 0 Å². The van der Waals surface area contributed by atoms with E-state index in [9.17, 15) is 0 Å². The van der Waals surface area contributed by atoms with Gasteiger partial charge in [0.25, 0.3) is 0 Å². The molecule has 76 valence electrons. The summed E-state index contributed by atoms with van der Waals surface area (Å²) in [5, 5.41) is 0. The van der Waals surface area contributed by atoms with E-state index in [2.05, 4.69) is 11.8 Å². The second-order valence-electron chi connectivity index (χ2n) is 3.67. The van der Waals surface area contributed by atoms with E-state index in [1.165, 1.54) is 0 Å². The molecule has 0 amide bonds. The first-order valence-electron chi connectivity index (χ1n) is 4.86. The van der Waals surface area contributed by atoms with Crippen molar-refractivity contribution < 1.29 is 9.47 Å². The summed E-state index contributed by atoms with van der Waals surface area (Å²) >= 11 is 0. The first-order chi connectivity index (χ1) is 7.28. The first kappa shape index (κ1) is 10.1. The molecule has 1 heterocycles. The van der Waals surface area contributed by atoms with Crippen LogP contribution in [0.25, 0.3) is 0 Å². The van der Waals surface area contributed by atoms with Gasteiger partial charge in [0.1, 0.15) is 6.10 Å². The van der Waals surface area contributed by atoms with Crippen LogP contribution in [0.3, 0.4) is 0 Å². The van der Waals surface area contributed by atoms with Gasteiger partial charge in [0.05, 0.1) is 13.2 Å². The van der Waals surface area contributed by atoms with Gasteiger partial charge in [-0.3, -0.25) is 0 Å². The third-order valence-corrected chi connectivity index (χ3v) is 2.47. The summed E-state index contributed by atoms with van der Waals surface area (Å²) in [5.74, 6) is 5.26. The topological polar surface area (TPSA) is 21.8 Å². The molecule has 0 N–H and O–H groups in total. The highest BCUT2D eigenvalue weighted by atomic mass is 16.6. The molecule has 0 aromatic carbocycles. The molecule has 0 bridgehead atoms. The van der Waals surface area contributed by atoms with Gasteiger partial charge < -0.3 is 9.47 Å². The Hall–Kier alpha value is -1.48. The normalized spacial score (nSPS) is 32.7. The van der Waals surface area contributed by atoms with Gasteiger partial charge in [-0.15, -0.1) is 12.8 Å². The Morgan fingerprint density at radius 3 is 3.00 bits per heavy atom. The molecule has 1 aliphatic heterocycles. The molecule has 0 spiro atoms. The maximum Gasteiger partial charge on any atom is 0.152 e. The van der Waals surface area contributed by atoms with Crippen molar-refractivity contribution in [2.75, 3.05) is 13.2 Å². The van der Waals surface area contributed by atoms with Crippen molar-refractivity contribution in [3.63, 3.8) is 0 Å². The SMILES string of the molecule is C#CC1=CC=CC(C#C)(OCC2CO2)C1. The van der Waals surface area contributed by atoms with Crippen LogP contribution in [0.1, 0.15) is 6.42 Å². The molecule has 2 atom stereocenters. The second kappa shape index (κ2) is 3.95. The molecule has 2 rings (SSSR count). The fraction of sp³-hybridized carbons (Fsp3) is 0.385. The van der Waals surface area contributed by atoms with E-state index in [0.29, 0.717) is 13.0 Å². The van der Waals surface area contributed by atoms with Crippen molar-refractivity contribution in [1.29, 1.82) is 0 Å². The summed E-state index contributed by atoms with van der Waals surface area (Å²) in [4.78, 5) is 0. The van der Waals surface area contributed by atoms with Crippen LogP contribution < -0.4 is 0 Å². The van der Waals surface area contributed by atoms with Crippen molar-refractivity contribution in [1.82, 2.24) is 0 Å². The van der Waals surface area contributed by atoms with Gasteiger partial charge in [0.2, 0.25) is 0 Å². The lowest BCUT2D eigenvalue weighted by Crippen LogP contribution is -2.31. The highest BCUT2D eigenvalue weighted by Gasteiger charge is 2.32. The molecule has 0 radical (unpaired) electrons. The van der Waals surface area contributed by atoms with Gasteiger partial charge in [-0.1, -0.05) is 24.0 Å². The van der Waals surface area contributed by atoms with E-state index >= 15 is 0 Å². The number of allylic oxidation sites excluding steroid dienone is 2. The van der Waals surface area contributed by atoms with Gasteiger partial charge in [0, 0.05) is 12.0 Å². The van der Waals surface area contributed by atoms with Gasteiger partial charge in [-0.2, -0.15) is 0 Å². The standard InChI is InChI=1S/C13H12O2/c1-3-11-6-5-7-13(4-2,8-11)15-10-12-9-14-12/h1-2,5-7,12H,8-10H2. The zero-order valence-electron chi connectivity index (χ0n) is 8.40. The monoisotopic (exact) mass is 200 g/mol. The fourth-order valence-electron chi connectivity index (χ4n) is 1.47. The summed E-state index contributed by atoms with van der Waals surface area (Å²) in [6.45, 7) is 1.30. The Balaban J connectivity index is 2.03. The number of rotatable bonds is 3. The maximum absolute atomic E-state index is 5.69. The third kappa shape index (κ3) is 2.30. The number of terminal acetylenes is 2. The lowest BCUT2D eigenvalue weighted by molar-refractivity contribution is 0.0254. The first-order valence-corrected chi connectivity index (χ1v) is 4.86. The van der Waals surface area contributed by atoms with E-state index in [1.54, 1.807) is 0 Å². The van der Waals surface area contributed by atoms with Gasteiger partial charge in [-0.05, 0) is 6.08 Å². The molecule has 2 heteroatoms. The van der Waals surface area contributed by atoms with Crippen LogP contribution in [0.2, 0.25) is 0 Å². The zero-order chi connectivity index (χ0) is 10.7. The average molecular weight is 200 g/mol. The van der Waals surface area contributed by atoms with Crippen molar-refractivity contribution in [3.05, 3.63) is 23.8 Å². The lowest BCUT2D eigenvalue weighted by Gasteiger charge is -2.27. The summed E-state index contributed by atoms with van der Waals surface area (Å²) in [6, 6.07) is 0. The largest absolute Gasteiger partial charge is 0.371 e. The minimum absolute atomic E-state index is 0.212. The molecule has 0 aromatic rings. The molecular weight excluding hydrogens is 188 g/mol. The number of hydrogen-bond donors (Lipinski definition) is 0. The number of ether oxygens (including phenoxy) is 2. The quantitative estimate of drug-likeness (QED) is 0.506. The molecular formula is C13H12O2. The Morgan fingerprint density at radius 1 is 1.60 bits per heavy atom. The smallest absolute Gasteiger partial charge is 0.152 e. The molecule has 0 aromatic heterocycles. The van der Waals surface area contributed by atoms with E-state index in [4.69, 9.17) is 22.3 Å². The van der Waals surface area contributed by atoms with E-state index in [-0.39, 0.29) is 6.10 Å². The van der Waals surface area contributed by atoms with E-state index in [0.717, 1.165) is 12.2 Å². The van der Waals surface area contributed by atoms with Crippen LogP contribution in [0.4, 0.5) is 0 Å². The number of hydrogen-bond acceptors (Lipinski definition) is 2. The molecule has 1 saturated heterocycles. The van der Waals surface area contributed by atoms with Crippen LogP contribution in [-0.4, -0.2) is 24.9 Å². The Kier molecular flexibility index (Phi) is 2.64. The Bertz CT molecular complexity index is 388. The molecule has 1 aliphatic carbocycles. The minimum atomic E-state index is -0.678. The van der Waals surface area contributed by atoms with Crippen LogP contribution >= 0.6 is 0 Å². The van der Waals surface area contributed by atoms with Gasteiger partial charge in [-0.25, -0.2) is 0 Å². The highest BCUT2D eigenvalue weighted by molar-refractivity contribution is 5.40. The molecule has 2 unspecified atom stereocenters. The van der Waals surface area contributed by atoms with Gasteiger partial charge in [0.15, 0.2) is 5.60 Å². The molecule has 2 nitrogen and oxygen atoms in total. The summed E-state index contributed by atoms with van der Waals surface area (Å²) in [6.07, 6.45) is 17.2. The molecule has 1 fully saturated rings. The van der Waals surface area contributed by atoms with Crippen molar-refractivity contribution in [2.24, 2.45) is 0 Å². The van der Waals surface area contributed by atoms with E-state index < -0.39 is 5.60 Å². The summed E-state index contributed by atoms with van der Waals surface area (Å²) in [7, 11) is 0. The Labute approximate surface area is 90.0 Å². The molecule has 0 saturated carbocycles. The molecule has 15 heavy (non-hydrogen) atoms. The van der Waals surface area contributed by atoms with Crippen molar-refractivity contribution in [2.45, 2.75) is 18.1 Å². The number of epoxide rings is 1. The van der Waals surface area contributed by atoms with Crippen LogP contribution in [0.15, 0.2) is 23.8 Å². The third-order valence-electron chi connectivity index (χ3n) is 2.47. The average Bonchev–Trinajstić information content (AvgIpc) is 3.10. The van der Waals surface area contributed by atoms with Gasteiger partial charge >= 0.3 is 0 Å². The summed E-state index contributed by atoms with van der Waals surface area (Å²) < 4.78 is 10.8. The highest BCUT2D eigenvalue weighted by Crippen LogP contribution is 2.27. The minimum Gasteiger partial charge on any atom is -0.371 e. The van der Waals surface area contributed by atoms with Crippen LogP contribution in [-0.2, 0) is 9.47 Å². The summed E-state index contributed by atoms with van der Waals surface area (Å²) in [5.41, 5.74) is 0.190. The van der Waals surface area contributed by atoms with Crippen molar-refractivity contribution in [3.8, 4) is 24.7 Å². The predicted octanol–water partition coefficient (Wildman–Crippen LogP) is 1.29. The lowest BCUT2D eigenvalue weighted by atomic mass is 9.90. The van der Waals surface area contributed by atoms with Crippen LogP contribution in [0, 0.1) is 24.7 Å². The zero-order valence-corrected chi connectivity index (χ0v) is 8.40. The molecule has 2 aliphatic rings. The maximum atomic E-state index is 5.69. The van der Waals surface area contributed by atoms with Crippen molar-refractivity contribution >= 4 is 0 Å². The Morgan fingerprint density at radius 2 is 2.40 bits per heavy atom. The second-order valence-corrected chi connectivity index (χ2v) is 3.67.